The van der Waals surface area contributed by atoms with Gasteiger partial charge in [0, 0.05) is 19.3 Å². The summed E-state index contributed by atoms with van der Waals surface area (Å²) in [5, 5.41) is 8.83. The summed E-state index contributed by atoms with van der Waals surface area (Å²) in [5.74, 6) is 0.419. The van der Waals surface area contributed by atoms with Crippen LogP contribution < -0.4 is 10.6 Å². The molecule has 6 heteroatoms. The maximum atomic E-state index is 10.8. The summed E-state index contributed by atoms with van der Waals surface area (Å²) >= 11 is 1.71. The summed E-state index contributed by atoms with van der Waals surface area (Å²) in [4.78, 5) is 16.7. The molecule has 0 radical (unpaired) electrons. The third-order valence-electron chi connectivity index (χ3n) is 2.12. The van der Waals surface area contributed by atoms with Gasteiger partial charge in [-0.05, 0) is 18.4 Å². The molecule has 0 aromatic carbocycles. The monoisotopic (exact) mass is 241 g/mol. The molecule has 88 valence electrons. The van der Waals surface area contributed by atoms with Gasteiger partial charge in [-0.2, -0.15) is 11.8 Å². The lowest BCUT2D eigenvalue weighted by atomic mass is 10.3. The first kappa shape index (κ1) is 12.6. The fourth-order valence-electron chi connectivity index (χ4n) is 1.22. The Hall–Kier alpha value is -1.43. The minimum absolute atomic E-state index is 0.0141. The van der Waals surface area contributed by atoms with E-state index in [1.165, 1.54) is 6.07 Å². The number of carboxylic acid groups (broad SMARTS) is 1. The van der Waals surface area contributed by atoms with Crippen molar-refractivity contribution in [3.63, 3.8) is 0 Å². The van der Waals surface area contributed by atoms with E-state index in [1.807, 2.05) is 18.2 Å². The molecule has 1 aromatic rings. The van der Waals surface area contributed by atoms with Crippen LogP contribution in [0.25, 0.3) is 0 Å². The Bertz CT molecular complexity index is 384. The van der Waals surface area contributed by atoms with Crippen LogP contribution in [0.4, 0.5) is 11.5 Å². The highest BCUT2D eigenvalue weighted by Crippen LogP contribution is 2.19. The van der Waals surface area contributed by atoms with Crippen LogP contribution >= 0.6 is 11.8 Å². The summed E-state index contributed by atoms with van der Waals surface area (Å²) in [5.41, 5.74) is 6.27. The second-order valence-electron chi connectivity index (χ2n) is 3.33. The maximum Gasteiger partial charge on any atom is 0.354 e. The van der Waals surface area contributed by atoms with Crippen molar-refractivity contribution in [3.05, 3.63) is 17.8 Å². The largest absolute Gasteiger partial charge is 0.477 e. The molecule has 0 saturated carbocycles. The highest BCUT2D eigenvalue weighted by Gasteiger charge is 2.11. The smallest absolute Gasteiger partial charge is 0.354 e. The van der Waals surface area contributed by atoms with Crippen molar-refractivity contribution < 1.29 is 9.90 Å². The highest BCUT2D eigenvalue weighted by molar-refractivity contribution is 7.98. The van der Waals surface area contributed by atoms with Gasteiger partial charge < -0.3 is 15.7 Å². The van der Waals surface area contributed by atoms with Crippen LogP contribution in [0.5, 0.6) is 0 Å². The molecule has 0 atom stereocenters. The third-order valence-corrected chi connectivity index (χ3v) is 2.71. The molecule has 5 nitrogen and oxygen atoms in total. The van der Waals surface area contributed by atoms with Crippen molar-refractivity contribution in [2.24, 2.45) is 0 Å². The molecule has 3 N–H and O–H groups in total. The predicted molar refractivity (Wildman–Crippen MR) is 67.3 cm³/mol. The van der Waals surface area contributed by atoms with Gasteiger partial charge in [0.2, 0.25) is 0 Å². The summed E-state index contributed by atoms with van der Waals surface area (Å²) in [6.07, 6.45) is 2.01. The number of nitrogens with zero attached hydrogens (tertiary/aromatic N) is 2. The van der Waals surface area contributed by atoms with E-state index >= 15 is 0 Å². The average molecular weight is 241 g/mol. The maximum absolute atomic E-state index is 10.8. The van der Waals surface area contributed by atoms with Gasteiger partial charge in [-0.3, -0.25) is 0 Å². The van der Waals surface area contributed by atoms with Gasteiger partial charge in [-0.25, -0.2) is 9.78 Å². The number of anilines is 2. The molecule has 1 heterocycles. The Morgan fingerprint density at radius 1 is 1.62 bits per heavy atom. The SMILES string of the molecule is CSCCN(C)c1nc(C(=O)O)ccc1N. The van der Waals surface area contributed by atoms with E-state index in [4.69, 9.17) is 10.8 Å². The number of hydrogen-bond acceptors (Lipinski definition) is 5. The molecule has 0 aliphatic carbocycles. The van der Waals surface area contributed by atoms with Crippen LogP contribution in [0.15, 0.2) is 12.1 Å². The molecule has 0 bridgehead atoms. The van der Waals surface area contributed by atoms with Crippen LogP contribution in [0.3, 0.4) is 0 Å². The van der Waals surface area contributed by atoms with Crippen molar-refractivity contribution in [2.75, 3.05) is 36.2 Å². The summed E-state index contributed by atoms with van der Waals surface area (Å²) in [6, 6.07) is 2.98. The van der Waals surface area contributed by atoms with Gasteiger partial charge in [-0.1, -0.05) is 0 Å². The van der Waals surface area contributed by atoms with Crippen LogP contribution in [-0.2, 0) is 0 Å². The van der Waals surface area contributed by atoms with Crippen molar-refractivity contribution in [2.45, 2.75) is 0 Å². The molecule has 0 spiro atoms. The highest BCUT2D eigenvalue weighted by atomic mass is 32.2. The van der Waals surface area contributed by atoms with Gasteiger partial charge in [0.25, 0.3) is 0 Å². The summed E-state index contributed by atoms with van der Waals surface area (Å²) < 4.78 is 0. The zero-order valence-corrected chi connectivity index (χ0v) is 10.1. The molecular formula is C10H15N3O2S. The number of aromatic nitrogens is 1. The minimum atomic E-state index is -1.04. The lowest BCUT2D eigenvalue weighted by molar-refractivity contribution is 0.0690. The molecule has 1 aromatic heterocycles. The Morgan fingerprint density at radius 2 is 2.31 bits per heavy atom. The molecule has 0 unspecified atom stereocenters. The molecule has 0 saturated heterocycles. The average Bonchev–Trinajstić information content (AvgIpc) is 2.26. The van der Waals surface area contributed by atoms with E-state index < -0.39 is 5.97 Å². The third kappa shape index (κ3) is 3.03. The fourth-order valence-corrected chi connectivity index (χ4v) is 1.67. The molecule has 1 rings (SSSR count). The van der Waals surface area contributed by atoms with Gasteiger partial charge in [0.15, 0.2) is 11.5 Å². The van der Waals surface area contributed by atoms with Gasteiger partial charge >= 0.3 is 5.97 Å². The minimum Gasteiger partial charge on any atom is -0.477 e. The standard InChI is InChI=1S/C10H15N3O2S/c1-13(5-6-16-2)9-7(11)3-4-8(12-9)10(14)15/h3-4H,5-6,11H2,1-2H3,(H,14,15). The van der Waals surface area contributed by atoms with Crippen LogP contribution in [0.2, 0.25) is 0 Å². The van der Waals surface area contributed by atoms with Crippen molar-refractivity contribution >= 4 is 29.2 Å². The van der Waals surface area contributed by atoms with E-state index in [1.54, 1.807) is 17.8 Å². The predicted octanol–water partition coefficient (Wildman–Crippen LogP) is 1.16. The second-order valence-corrected chi connectivity index (χ2v) is 4.31. The molecular weight excluding hydrogens is 226 g/mol. The van der Waals surface area contributed by atoms with E-state index in [-0.39, 0.29) is 5.69 Å². The van der Waals surface area contributed by atoms with Crippen molar-refractivity contribution in [3.8, 4) is 0 Å². The van der Waals surface area contributed by atoms with Crippen molar-refractivity contribution in [1.82, 2.24) is 4.98 Å². The lowest BCUT2D eigenvalue weighted by Crippen LogP contribution is -2.23. The number of rotatable bonds is 5. The fraction of sp³-hybridized carbons (Fsp3) is 0.400. The van der Waals surface area contributed by atoms with Crippen LogP contribution in [-0.4, -0.2) is 41.7 Å². The van der Waals surface area contributed by atoms with E-state index in [0.29, 0.717) is 11.5 Å². The molecule has 16 heavy (non-hydrogen) atoms. The second kappa shape index (κ2) is 5.60. The number of carbonyl (C=O) groups is 1. The van der Waals surface area contributed by atoms with E-state index in [0.717, 1.165) is 12.3 Å². The van der Waals surface area contributed by atoms with E-state index in [2.05, 4.69) is 4.98 Å². The first-order valence-electron chi connectivity index (χ1n) is 4.76. The Kier molecular flexibility index (Phi) is 4.42. The van der Waals surface area contributed by atoms with Gasteiger partial charge in [0.05, 0.1) is 5.69 Å². The Labute approximate surface area is 98.7 Å². The number of aromatic carboxylic acids is 1. The zero-order valence-electron chi connectivity index (χ0n) is 9.30. The van der Waals surface area contributed by atoms with E-state index in [9.17, 15) is 4.79 Å². The van der Waals surface area contributed by atoms with Crippen molar-refractivity contribution in [1.29, 1.82) is 0 Å². The zero-order chi connectivity index (χ0) is 12.1. The normalized spacial score (nSPS) is 10.1. The number of pyridine rings is 1. The van der Waals surface area contributed by atoms with Gasteiger partial charge in [0.1, 0.15) is 0 Å². The molecule has 0 aliphatic heterocycles. The Balaban J connectivity index is 2.92. The van der Waals surface area contributed by atoms with Gasteiger partial charge in [-0.15, -0.1) is 0 Å². The topological polar surface area (TPSA) is 79.5 Å². The van der Waals surface area contributed by atoms with Crippen LogP contribution in [0.1, 0.15) is 10.5 Å². The first-order chi connectivity index (χ1) is 7.56. The number of carboxylic acids is 1. The lowest BCUT2D eigenvalue weighted by Gasteiger charge is -2.19. The number of thioether (sulfide) groups is 1. The number of nitrogens with two attached hydrogens (primary N) is 1. The first-order valence-corrected chi connectivity index (χ1v) is 6.15. The van der Waals surface area contributed by atoms with Crippen LogP contribution in [0, 0.1) is 0 Å². The summed E-state index contributed by atoms with van der Waals surface area (Å²) in [7, 11) is 1.85. The number of hydrogen-bond donors (Lipinski definition) is 2. The molecule has 0 aliphatic rings. The molecule has 0 fully saturated rings. The number of nitrogen functional groups attached to an aromatic ring is 1. The quantitative estimate of drug-likeness (QED) is 0.805. The summed E-state index contributed by atoms with van der Waals surface area (Å²) in [6.45, 7) is 0.779. The molecule has 0 amide bonds. The Morgan fingerprint density at radius 3 is 2.88 bits per heavy atom.